The molecule has 2 amide bonds. The molecule has 0 saturated carbocycles. The summed E-state index contributed by atoms with van der Waals surface area (Å²) in [7, 11) is 1.90. The fourth-order valence-corrected chi connectivity index (χ4v) is 2.93. The minimum atomic E-state index is -0.540. The standard InChI is InChI=1S/C17H21N3O2S/c1-11-4-6-13(7-5-11)10-20(3)12(2)16(22)19-17-14(15(18)21)8-9-23-17/h4-9,12H,10H2,1-3H3,(H2,18,21)(H,19,22)/t12-/m0/s1. The number of aryl methyl sites for hydroxylation is 1. The van der Waals surface area contributed by atoms with Gasteiger partial charge in [0.05, 0.1) is 11.6 Å². The number of nitrogens with zero attached hydrogens (tertiary/aromatic N) is 1. The van der Waals surface area contributed by atoms with E-state index < -0.39 is 5.91 Å². The minimum Gasteiger partial charge on any atom is -0.366 e. The van der Waals surface area contributed by atoms with Gasteiger partial charge in [-0.25, -0.2) is 0 Å². The van der Waals surface area contributed by atoms with Gasteiger partial charge in [0.2, 0.25) is 5.91 Å². The molecule has 0 aliphatic rings. The number of carbonyl (C=O) groups is 2. The van der Waals surface area contributed by atoms with E-state index in [0.717, 1.165) is 5.56 Å². The first-order chi connectivity index (χ1) is 10.9. The molecule has 2 aromatic rings. The Balaban J connectivity index is 1.99. The van der Waals surface area contributed by atoms with Crippen LogP contribution >= 0.6 is 11.3 Å². The summed E-state index contributed by atoms with van der Waals surface area (Å²) < 4.78 is 0. The number of hydrogen-bond acceptors (Lipinski definition) is 4. The third-order valence-corrected chi connectivity index (χ3v) is 4.59. The Morgan fingerprint density at radius 3 is 2.52 bits per heavy atom. The Hall–Kier alpha value is -2.18. The van der Waals surface area contributed by atoms with E-state index in [1.165, 1.54) is 16.9 Å². The molecule has 0 unspecified atom stereocenters. The smallest absolute Gasteiger partial charge is 0.251 e. The number of rotatable bonds is 6. The number of carbonyl (C=O) groups excluding carboxylic acids is 2. The molecule has 0 saturated heterocycles. The SMILES string of the molecule is Cc1ccc(CN(C)[C@@H](C)C(=O)Nc2sccc2C(N)=O)cc1. The van der Waals surface area contributed by atoms with Gasteiger partial charge in [-0.05, 0) is 37.9 Å². The maximum atomic E-state index is 12.4. The van der Waals surface area contributed by atoms with Gasteiger partial charge >= 0.3 is 0 Å². The summed E-state index contributed by atoms with van der Waals surface area (Å²) in [5.74, 6) is -0.702. The van der Waals surface area contributed by atoms with Crippen LogP contribution in [0.25, 0.3) is 0 Å². The van der Waals surface area contributed by atoms with Crippen molar-refractivity contribution in [3.05, 3.63) is 52.4 Å². The molecule has 1 aromatic carbocycles. The van der Waals surface area contributed by atoms with Gasteiger partial charge in [-0.15, -0.1) is 11.3 Å². The van der Waals surface area contributed by atoms with Crippen molar-refractivity contribution >= 4 is 28.2 Å². The number of likely N-dealkylation sites (N-methyl/N-ethyl adjacent to an activating group) is 1. The van der Waals surface area contributed by atoms with E-state index in [-0.39, 0.29) is 11.9 Å². The van der Waals surface area contributed by atoms with Crippen molar-refractivity contribution in [3.8, 4) is 0 Å². The summed E-state index contributed by atoms with van der Waals surface area (Å²) in [4.78, 5) is 25.6. The topological polar surface area (TPSA) is 75.4 Å². The summed E-state index contributed by atoms with van der Waals surface area (Å²) in [6.45, 7) is 4.55. The fourth-order valence-electron chi connectivity index (χ4n) is 2.14. The van der Waals surface area contributed by atoms with E-state index in [9.17, 15) is 9.59 Å². The molecule has 0 spiro atoms. The second kappa shape index (κ2) is 7.39. The highest BCUT2D eigenvalue weighted by Crippen LogP contribution is 2.23. The highest BCUT2D eigenvalue weighted by Gasteiger charge is 2.20. The quantitative estimate of drug-likeness (QED) is 0.854. The number of primary amides is 1. The van der Waals surface area contributed by atoms with Crippen molar-refractivity contribution in [3.63, 3.8) is 0 Å². The molecule has 0 bridgehead atoms. The van der Waals surface area contributed by atoms with E-state index in [1.807, 2.05) is 25.8 Å². The van der Waals surface area contributed by atoms with E-state index in [2.05, 4.69) is 29.6 Å². The number of hydrogen-bond donors (Lipinski definition) is 2. The van der Waals surface area contributed by atoms with Crippen LogP contribution in [0.5, 0.6) is 0 Å². The van der Waals surface area contributed by atoms with Crippen LogP contribution in [-0.2, 0) is 11.3 Å². The average Bonchev–Trinajstić information content (AvgIpc) is 2.97. The van der Waals surface area contributed by atoms with Crippen molar-refractivity contribution in [2.24, 2.45) is 5.73 Å². The molecule has 0 aliphatic carbocycles. The largest absolute Gasteiger partial charge is 0.366 e. The van der Waals surface area contributed by atoms with Crippen molar-refractivity contribution in [2.75, 3.05) is 12.4 Å². The Kier molecular flexibility index (Phi) is 5.52. The summed E-state index contributed by atoms with van der Waals surface area (Å²) in [5.41, 5.74) is 7.99. The van der Waals surface area contributed by atoms with E-state index >= 15 is 0 Å². The number of nitrogens with one attached hydrogen (secondary N) is 1. The maximum absolute atomic E-state index is 12.4. The van der Waals surface area contributed by atoms with Crippen LogP contribution in [0.15, 0.2) is 35.7 Å². The van der Waals surface area contributed by atoms with Crippen LogP contribution in [0.3, 0.4) is 0 Å². The van der Waals surface area contributed by atoms with Gasteiger partial charge in [-0.1, -0.05) is 29.8 Å². The molecular weight excluding hydrogens is 310 g/mol. The molecule has 5 nitrogen and oxygen atoms in total. The van der Waals surface area contributed by atoms with Crippen LogP contribution in [0.1, 0.15) is 28.4 Å². The number of amides is 2. The van der Waals surface area contributed by atoms with Crippen molar-refractivity contribution in [1.29, 1.82) is 0 Å². The van der Waals surface area contributed by atoms with Crippen molar-refractivity contribution in [1.82, 2.24) is 4.90 Å². The zero-order valence-corrected chi connectivity index (χ0v) is 14.3. The number of anilines is 1. The normalized spacial score (nSPS) is 12.2. The summed E-state index contributed by atoms with van der Waals surface area (Å²) in [6, 6.07) is 9.50. The zero-order chi connectivity index (χ0) is 17.0. The lowest BCUT2D eigenvalue weighted by molar-refractivity contribution is -0.120. The summed E-state index contributed by atoms with van der Waals surface area (Å²) in [6.07, 6.45) is 0. The van der Waals surface area contributed by atoms with Gasteiger partial charge in [0.25, 0.3) is 5.91 Å². The molecule has 3 N–H and O–H groups in total. The van der Waals surface area contributed by atoms with Crippen LogP contribution in [0, 0.1) is 6.92 Å². The molecular formula is C17H21N3O2S. The molecule has 122 valence electrons. The van der Waals surface area contributed by atoms with E-state index in [0.29, 0.717) is 17.1 Å². The van der Waals surface area contributed by atoms with Crippen LogP contribution < -0.4 is 11.1 Å². The minimum absolute atomic E-state index is 0.162. The third-order valence-electron chi connectivity index (χ3n) is 3.76. The van der Waals surface area contributed by atoms with Gasteiger partial charge in [-0.3, -0.25) is 14.5 Å². The van der Waals surface area contributed by atoms with Gasteiger partial charge in [0, 0.05) is 6.54 Å². The summed E-state index contributed by atoms with van der Waals surface area (Å²) in [5, 5.41) is 5.02. The highest BCUT2D eigenvalue weighted by atomic mass is 32.1. The van der Waals surface area contributed by atoms with E-state index in [1.54, 1.807) is 11.4 Å². The van der Waals surface area contributed by atoms with Crippen molar-refractivity contribution < 1.29 is 9.59 Å². The van der Waals surface area contributed by atoms with Crippen LogP contribution in [0.2, 0.25) is 0 Å². The lowest BCUT2D eigenvalue weighted by atomic mass is 10.1. The Labute approximate surface area is 140 Å². The Bertz CT molecular complexity index is 694. The molecule has 0 radical (unpaired) electrons. The van der Waals surface area contributed by atoms with Gasteiger partial charge in [0.15, 0.2) is 0 Å². The van der Waals surface area contributed by atoms with Gasteiger partial charge < -0.3 is 11.1 Å². The summed E-state index contributed by atoms with van der Waals surface area (Å²) >= 11 is 1.29. The average molecular weight is 331 g/mol. The second-order valence-corrected chi connectivity index (χ2v) is 6.51. The molecule has 2 rings (SSSR count). The first kappa shape index (κ1) is 17.2. The molecule has 0 aliphatic heterocycles. The number of thiophene rings is 1. The Morgan fingerprint density at radius 2 is 1.91 bits per heavy atom. The van der Waals surface area contributed by atoms with Crippen LogP contribution in [-0.4, -0.2) is 29.8 Å². The predicted molar refractivity (Wildman–Crippen MR) is 93.6 cm³/mol. The molecule has 1 heterocycles. The predicted octanol–water partition coefficient (Wildman–Crippen LogP) is 2.61. The first-order valence-electron chi connectivity index (χ1n) is 7.32. The van der Waals surface area contributed by atoms with Gasteiger partial charge in [0.1, 0.15) is 5.00 Å². The lowest BCUT2D eigenvalue weighted by Gasteiger charge is -2.24. The van der Waals surface area contributed by atoms with Gasteiger partial charge in [-0.2, -0.15) is 0 Å². The zero-order valence-electron chi connectivity index (χ0n) is 13.5. The van der Waals surface area contributed by atoms with E-state index in [4.69, 9.17) is 5.73 Å². The second-order valence-electron chi connectivity index (χ2n) is 5.59. The molecule has 1 aromatic heterocycles. The fraction of sp³-hybridized carbons (Fsp3) is 0.294. The monoisotopic (exact) mass is 331 g/mol. The molecule has 23 heavy (non-hydrogen) atoms. The molecule has 6 heteroatoms. The van der Waals surface area contributed by atoms with Crippen LogP contribution in [0.4, 0.5) is 5.00 Å². The number of nitrogens with two attached hydrogens (primary N) is 1. The number of benzene rings is 1. The highest BCUT2D eigenvalue weighted by molar-refractivity contribution is 7.14. The van der Waals surface area contributed by atoms with Crippen molar-refractivity contribution in [2.45, 2.75) is 26.4 Å². The molecule has 1 atom stereocenters. The molecule has 0 fully saturated rings. The Morgan fingerprint density at radius 1 is 1.26 bits per heavy atom. The maximum Gasteiger partial charge on any atom is 0.251 e. The third kappa shape index (κ3) is 4.40. The lowest BCUT2D eigenvalue weighted by Crippen LogP contribution is -2.39. The first-order valence-corrected chi connectivity index (χ1v) is 8.20.